The maximum absolute atomic E-state index is 15.3. The van der Waals surface area contributed by atoms with Gasteiger partial charge in [-0.3, -0.25) is 9.48 Å². The number of likely N-dealkylation sites (N-methyl/N-ethyl adjacent to an activating group) is 1. The lowest BCUT2D eigenvalue weighted by atomic mass is 10.0. The molecule has 12 heteroatoms. The number of hydrogen-bond acceptors (Lipinski definition) is 8. The minimum atomic E-state index is -0.572. The summed E-state index contributed by atoms with van der Waals surface area (Å²) in [5.74, 6) is -0.923. The number of hydrogen-bond donors (Lipinski definition) is 3. The standard InChI is InChI=1S/C28H29F2N9O/c1-5-26(40)33-18-7-8-22(29)24(11-18)35-27-21(13-31-28(36-27)34-19-12-32-38(4)14-19)17-6-9-25(23(30)10-17)39-15-20(16-39)37(2)3/h5-14,20H,1,15-16H2,2-4H3,(H,33,40)(H2,31,34,35,36). The minimum Gasteiger partial charge on any atom is -0.366 e. The van der Waals surface area contributed by atoms with Crippen molar-refractivity contribution in [1.82, 2.24) is 24.6 Å². The number of amides is 1. The Bertz CT molecular complexity index is 1560. The van der Waals surface area contributed by atoms with Crippen LogP contribution in [0.3, 0.4) is 0 Å². The van der Waals surface area contributed by atoms with Gasteiger partial charge in [0.1, 0.15) is 17.5 Å². The van der Waals surface area contributed by atoms with Crippen LogP contribution < -0.4 is 20.9 Å². The van der Waals surface area contributed by atoms with E-state index < -0.39 is 11.7 Å². The monoisotopic (exact) mass is 545 g/mol. The fourth-order valence-corrected chi connectivity index (χ4v) is 4.29. The number of rotatable bonds is 9. The van der Waals surface area contributed by atoms with E-state index in [-0.39, 0.29) is 23.3 Å². The summed E-state index contributed by atoms with van der Waals surface area (Å²) in [4.78, 5) is 24.8. The fraction of sp³-hybridized carbons (Fsp3) is 0.214. The summed E-state index contributed by atoms with van der Waals surface area (Å²) in [6, 6.07) is 9.41. The van der Waals surface area contributed by atoms with Crippen molar-refractivity contribution in [3.8, 4) is 11.1 Å². The minimum absolute atomic E-state index is 0.0570. The molecule has 3 N–H and O–H groups in total. The molecule has 0 saturated carbocycles. The van der Waals surface area contributed by atoms with Gasteiger partial charge in [0, 0.05) is 49.8 Å². The van der Waals surface area contributed by atoms with Gasteiger partial charge in [-0.15, -0.1) is 0 Å². The number of aromatic nitrogens is 4. The molecule has 0 spiro atoms. The molecule has 4 aromatic rings. The highest BCUT2D eigenvalue weighted by atomic mass is 19.1. The fourth-order valence-electron chi connectivity index (χ4n) is 4.29. The van der Waals surface area contributed by atoms with E-state index in [9.17, 15) is 9.18 Å². The quantitative estimate of drug-likeness (QED) is 0.264. The Hall–Kier alpha value is -4.84. The zero-order chi connectivity index (χ0) is 28.4. The summed E-state index contributed by atoms with van der Waals surface area (Å²) < 4.78 is 31.8. The van der Waals surface area contributed by atoms with Gasteiger partial charge >= 0.3 is 0 Å². The summed E-state index contributed by atoms with van der Waals surface area (Å²) in [6.45, 7) is 4.92. The number of benzene rings is 2. The Kier molecular flexibility index (Phi) is 7.43. The molecule has 0 unspecified atom stereocenters. The highest BCUT2D eigenvalue weighted by Gasteiger charge is 2.30. The Morgan fingerprint density at radius 1 is 1.07 bits per heavy atom. The molecule has 1 amide bonds. The van der Waals surface area contributed by atoms with Crippen LogP contribution >= 0.6 is 0 Å². The van der Waals surface area contributed by atoms with Crippen molar-refractivity contribution < 1.29 is 13.6 Å². The molecule has 0 bridgehead atoms. The lowest BCUT2D eigenvalue weighted by molar-refractivity contribution is -0.111. The van der Waals surface area contributed by atoms with Crippen LogP contribution in [0.4, 0.5) is 43.3 Å². The second kappa shape index (κ2) is 11.1. The largest absolute Gasteiger partial charge is 0.366 e. The normalized spacial score (nSPS) is 13.2. The van der Waals surface area contributed by atoms with Gasteiger partial charge in [-0.2, -0.15) is 10.1 Å². The molecular formula is C28H29F2N9O. The zero-order valence-electron chi connectivity index (χ0n) is 22.3. The molecule has 3 heterocycles. The van der Waals surface area contributed by atoms with Crippen molar-refractivity contribution in [3.05, 3.63) is 79.3 Å². The SMILES string of the molecule is C=CC(=O)Nc1ccc(F)c(Nc2nc(Nc3cnn(C)c3)ncc2-c2ccc(N3CC(N(C)C)C3)c(F)c2)c1. The summed E-state index contributed by atoms with van der Waals surface area (Å²) in [7, 11) is 5.80. The second-order valence-electron chi connectivity index (χ2n) is 9.69. The van der Waals surface area contributed by atoms with E-state index in [0.29, 0.717) is 34.2 Å². The molecule has 10 nitrogen and oxygen atoms in total. The molecule has 1 saturated heterocycles. The lowest BCUT2D eigenvalue weighted by Crippen LogP contribution is -2.57. The number of carbonyl (C=O) groups excluding carboxylic acids is 1. The van der Waals surface area contributed by atoms with E-state index >= 15 is 4.39 Å². The van der Waals surface area contributed by atoms with Crippen LogP contribution in [0.1, 0.15) is 0 Å². The second-order valence-corrected chi connectivity index (χ2v) is 9.69. The van der Waals surface area contributed by atoms with E-state index in [4.69, 9.17) is 0 Å². The average Bonchev–Trinajstić information content (AvgIpc) is 3.30. The van der Waals surface area contributed by atoms with Crippen LogP contribution in [0.2, 0.25) is 0 Å². The first kappa shape index (κ1) is 26.8. The van der Waals surface area contributed by atoms with Gasteiger partial charge in [0.2, 0.25) is 11.9 Å². The number of nitrogens with zero attached hydrogens (tertiary/aromatic N) is 6. The van der Waals surface area contributed by atoms with E-state index in [1.54, 1.807) is 36.3 Å². The van der Waals surface area contributed by atoms with Crippen LogP contribution in [-0.2, 0) is 11.8 Å². The molecule has 2 aromatic heterocycles. The third-order valence-electron chi connectivity index (χ3n) is 6.61. The predicted octanol–water partition coefficient (Wildman–Crippen LogP) is 4.52. The summed E-state index contributed by atoms with van der Waals surface area (Å²) >= 11 is 0. The van der Waals surface area contributed by atoms with Crippen LogP contribution in [-0.4, -0.2) is 63.8 Å². The van der Waals surface area contributed by atoms with Gasteiger partial charge in [0.05, 0.1) is 23.3 Å². The molecule has 5 rings (SSSR count). The molecule has 2 aromatic carbocycles. The first-order chi connectivity index (χ1) is 19.2. The molecule has 0 radical (unpaired) electrons. The molecule has 206 valence electrons. The van der Waals surface area contributed by atoms with Crippen LogP contribution in [0.15, 0.2) is 67.6 Å². The molecule has 0 atom stereocenters. The molecular weight excluding hydrogens is 516 g/mol. The van der Waals surface area contributed by atoms with E-state index in [0.717, 1.165) is 19.2 Å². The van der Waals surface area contributed by atoms with Gasteiger partial charge in [0.25, 0.3) is 0 Å². The van der Waals surface area contributed by atoms with Crippen LogP contribution in [0.5, 0.6) is 0 Å². The Balaban J connectivity index is 1.49. The Labute approximate surface area is 230 Å². The van der Waals surface area contributed by atoms with Crippen molar-refractivity contribution >= 4 is 40.4 Å². The van der Waals surface area contributed by atoms with E-state index in [1.165, 1.54) is 30.5 Å². The van der Waals surface area contributed by atoms with Crippen molar-refractivity contribution in [2.24, 2.45) is 7.05 Å². The number of nitrogens with one attached hydrogen (secondary N) is 3. The third kappa shape index (κ3) is 5.76. The number of aryl methyl sites for hydroxylation is 1. The first-order valence-corrected chi connectivity index (χ1v) is 12.5. The van der Waals surface area contributed by atoms with Crippen molar-refractivity contribution in [3.63, 3.8) is 0 Å². The van der Waals surface area contributed by atoms with E-state index in [2.05, 4.69) is 42.5 Å². The van der Waals surface area contributed by atoms with Gasteiger partial charge in [-0.05, 0) is 56.1 Å². The summed E-state index contributed by atoms with van der Waals surface area (Å²) in [5, 5.41) is 12.8. The molecule has 1 aliphatic heterocycles. The van der Waals surface area contributed by atoms with Crippen LogP contribution in [0, 0.1) is 11.6 Å². The highest BCUT2D eigenvalue weighted by Crippen LogP contribution is 2.35. The number of anilines is 6. The van der Waals surface area contributed by atoms with Crippen LogP contribution in [0.25, 0.3) is 11.1 Å². The van der Waals surface area contributed by atoms with Gasteiger partial charge in [0.15, 0.2) is 0 Å². The topological polar surface area (TPSA) is 103 Å². The maximum Gasteiger partial charge on any atom is 0.247 e. The van der Waals surface area contributed by atoms with Gasteiger partial charge in [-0.25, -0.2) is 13.8 Å². The van der Waals surface area contributed by atoms with Crippen molar-refractivity contribution in [2.75, 3.05) is 48.0 Å². The van der Waals surface area contributed by atoms with Crippen molar-refractivity contribution in [1.29, 1.82) is 0 Å². The molecule has 0 aliphatic carbocycles. The number of halogens is 2. The first-order valence-electron chi connectivity index (χ1n) is 12.5. The van der Waals surface area contributed by atoms with Gasteiger partial charge in [-0.1, -0.05) is 12.6 Å². The smallest absolute Gasteiger partial charge is 0.247 e. The van der Waals surface area contributed by atoms with Crippen molar-refractivity contribution in [2.45, 2.75) is 6.04 Å². The predicted molar refractivity (Wildman–Crippen MR) is 152 cm³/mol. The Morgan fingerprint density at radius 2 is 1.88 bits per heavy atom. The summed E-state index contributed by atoms with van der Waals surface area (Å²) in [5.41, 5.74) is 2.56. The number of carbonyl (C=O) groups is 1. The molecule has 1 aliphatic rings. The van der Waals surface area contributed by atoms with E-state index in [1.807, 2.05) is 19.0 Å². The molecule has 40 heavy (non-hydrogen) atoms. The maximum atomic E-state index is 15.3. The average molecular weight is 546 g/mol. The zero-order valence-corrected chi connectivity index (χ0v) is 22.3. The molecule has 1 fully saturated rings. The Morgan fingerprint density at radius 3 is 2.55 bits per heavy atom. The summed E-state index contributed by atoms with van der Waals surface area (Å²) in [6.07, 6.45) is 6.02. The highest BCUT2D eigenvalue weighted by molar-refractivity contribution is 5.99. The third-order valence-corrected chi connectivity index (χ3v) is 6.61. The lowest BCUT2D eigenvalue weighted by Gasteiger charge is -2.44. The van der Waals surface area contributed by atoms with Gasteiger partial charge < -0.3 is 25.8 Å².